The molecule has 0 atom stereocenters. The van der Waals surface area contributed by atoms with Gasteiger partial charge in [-0.25, -0.2) is 9.59 Å². The van der Waals surface area contributed by atoms with E-state index in [9.17, 15) is 19.8 Å². The maximum atomic E-state index is 12.2. The van der Waals surface area contributed by atoms with Crippen LogP contribution >= 0.6 is 0 Å². The normalized spacial score (nSPS) is 10.9. The molecular formula is C23H19N3O5. The number of aromatic hydroxyl groups is 1. The number of pyridine rings is 2. The molecule has 0 spiro atoms. The lowest BCUT2D eigenvalue weighted by atomic mass is 10.1. The second-order valence-electron chi connectivity index (χ2n) is 7.04. The first-order valence-corrected chi connectivity index (χ1v) is 9.49. The lowest BCUT2D eigenvalue weighted by molar-refractivity contribution is 0.0692. The molecule has 0 fully saturated rings. The standard InChI is InChI=1S/C23H19N3O5/c1-13-18(5-3-9-24-13)26(19-6-4-10-25-14(19)2)12-17-20(27)8-7-15-11-16(22(28)29)23(30)31-21(15)17/h3-11,27H,12H2,1-2H3,(H,28,29). The number of carboxylic acid groups (broad SMARTS) is 1. The van der Waals surface area contributed by atoms with Gasteiger partial charge in [-0.15, -0.1) is 0 Å². The van der Waals surface area contributed by atoms with Crippen molar-refractivity contribution in [1.29, 1.82) is 0 Å². The van der Waals surface area contributed by atoms with Crippen molar-refractivity contribution < 1.29 is 19.4 Å². The van der Waals surface area contributed by atoms with Crippen LogP contribution in [-0.4, -0.2) is 26.2 Å². The Morgan fingerprint density at radius 2 is 1.65 bits per heavy atom. The van der Waals surface area contributed by atoms with Crippen LogP contribution in [0.3, 0.4) is 0 Å². The fourth-order valence-corrected chi connectivity index (χ4v) is 3.51. The van der Waals surface area contributed by atoms with E-state index in [1.807, 2.05) is 43.0 Å². The smallest absolute Gasteiger partial charge is 0.351 e. The molecule has 0 unspecified atom stereocenters. The summed E-state index contributed by atoms with van der Waals surface area (Å²) in [6.45, 7) is 3.88. The maximum Gasteiger partial charge on any atom is 0.351 e. The van der Waals surface area contributed by atoms with Crippen molar-refractivity contribution in [2.75, 3.05) is 4.90 Å². The number of rotatable bonds is 5. The van der Waals surface area contributed by atoms with Crippen LogP contribution in [0.1, 0.15) is 27.3 Å². The van der Waals surface area contributed by atoms with E-state index in [1.165, 1.54) is 18.2 Å². The Morgan fingerprint density at radius 1 is 1.03 bits per heavy atom. The molecule has 1 aromatic carbocycles. The van der Waals surface area contributed by atoms with E-state index in [4.69, 9.17) is 4.42 Å². The first-order chi connectivity index (χ1) is 14.9. The molecule has 8 heteroatoms. The lowest BCUT2D eigenvalue weighted by Gasteiger charge is -2.27. The molecule has 0 saturated heterocycles. The summed E-state index contributed by atoms with van der Waals surface area (Å²) in [5.74, 6) is -1.45. The highest BCUT2D eigenvalue weighted by molar-refractivity contribution is 5.93. The predicted molar refractivity (Wildman–Crippen MR) is 115 cm³/mol. The third kappa shape index (κ3) is 3.71. The van der Waals surface area contributed by atoms with Crippen molar-refractivity contribution in [2.45, 2.75) is 20.4 Å². The van der Waals surface area contributed by atoms with E-state index < -0.39 is 17.2 Å². The Morgan fingerprint density at radius 3 is 2.19 bits per heavy atom. The Kier molecular flexibility index (Phi) is 5.12. The molecule has 0 amide bonds. The molecule has 8 nitrogen and oxygen atoms in total. The summed E-state index contributed by atoms with van der Waals surface area (Å²) in [5, 5.41) is 20.2. The summed E-state index contributed by atoms with van der Waals surface area (Å²) >= 11 is 0. The topological polar surface area (TPSA) is 117 Å². The summed E-state index contributed by atoms with van der Waals surface area (Å²) in [7, 11) is 0. The fraction of sp³-hybridized carbons (Fsp3) is 0.130. The number of aromatic carboxylic acids is 1. The number of carboxylic acids is 1. The number of phenolic OH excluding ortho intramolecular Hbond substituents is 1. The van der Waals surface area contributed by atoms with Crippen LogP contribution in [-0.2, 0) is 6.54 Å². The molecule has 31 heavy (non-hydrogen) atoms. The molecule has 2 N–H and O–H groups in total. The third-order valence-corrected chi connectivity index (χ3v) is 5.07. The van der Waals surface area contributed by atoms with Gasteiger partial charge in [-0.1, -0.05) is 0 Å². The summed E-state index contributed by atoms with van der Waals surface area (Å²) in [4.78, 5) is 34.2. The molecule has 0 radical (unpaired) electrons. The van der Waals surface area contributed by atoms with E-state index in [0.717, 1.165) is 22.8 Å². The van der Waals surface area contributed by atoms with Crippen molar-refractivity contribution in [3.63, 3.8) is 0 Å². The van der Waals surface area contributed by atoms with Crippen LogP contribution in [0.2, 0.25) is 0 Å². The van der Waals surface area contributed by atoms with Crippen LogP contribution < -0.4 is 10.5 Å². The number of hydrogen-bond acceptors (Lipinski definition) is 7. The summed E-state index contributed by atoms with van der Waals surface area (Å²) < 4.78 is 5.34. The highest BCUT2D eigenvalue weighted by Crippen LogP contribution is 2.35. The van der Waals surface area contributed by atoms with Gasteiger partial charge in [0.2, 0.25) is 0 Å². The van der Waals surface area contributed by atoms with Crippen LogP contribution in [0.4, 0.5) is 11.4 Å². The van der Waals surface area contributed by atoms with Crippen LogP contribution in [0, 0.1) is 13.8 Å². The average molecular weight is 417 g/mol. The van der Waals surface area contributed by atoms with Crippen molar-refractivity contribution in [3.8, 4) is 5.75 Å². The van der Waals surface area contributed by atoms with Gasteiger partial charge in [0, 0.05) is 17.8 Å². The number of fused-ring (bicyclic) bond motifs is 1. The van der Waals surface area contributed by atoms with Gasteiger partial charge in [0.25, 0.3) is 0 Å². The minimum atomic E-state index is -1.37. The van der Waals surface area contributed by atoms with Crippen LogP contribution in [0.15, 0.2) is 64.1 Å². The number of aromatic nitrogens is 2. The summed E-state index contributed by atoms with van der Waals surface area (Å²) in [5.41, 5.74) is 2.14. The number of hydrogen-bond donors (Lipinski definition) is 2. The van der Waals surface area contributed by atoms with E-state index in [2.05, 4.69) is 9.97 Å². The largest absolute Gasteiger partial charge is 0.507 e. The number of anilines is 2. The average Bonchev–Trinajstić information content (AvgIpc) is 2.74. The lowest BCUT2D eigenvalue weighted by Crippen LogP contribution is -2.20. The number of aryl methyl sites for hydroxylation is 2. The van der Waals surface area contributed by atoms with Gasteiger partial charge >= 0.3 is 11.6 Å². The first-order valence-electron chi connectivity index (χ1n) is 9.49. The van der Waals surface area contributed by atoms with Gasteiger partial charge < -0.3 is 19.5 Å². The van der Waals surface area contributed by atoms with E-state index in [0.29, 0.717) is 10.9 Å². The summed E-state index contributed by atoms with van der Waals surface area (Å²) in [6, 6.07) is 11.6. The highest BCUT2D eigenvalue weighted by Gasteiger charge is 2.21. The van der Waals surface area contributed by atoms with Gasteiger partial charge in [0.15, 0.2) is 0 Å². The van der Waals surface area contributed by atoms with E-state index in [-0.39, 0.29) is 17.9 Å². The SMILES string of the molecule is Cc1ncccc1N(Cc1c(O)ccc2cc(C(=O)O)c(=O)oc12)c1cccnc1C. The van der Waals surface area contributed by atoms with Crippen molar-refractivity contribution in [2.24, 2.45) is 0 Å². The Bertz CT molecular complexity index is 1320. The molecule has 4 rings (SSSR count). The molecular weight excluding hydrogens is 398 g/mol. The monoisotopic (exact) mass is 417 g/mol. The van der Waals surface area contributed by atoms with Gasteiger partial charge in [-0.05, 0) is 56.3 Å². The molecule has 0 aliphatic carbocycles. The summed E-state index contributed by atoms with van der Waals surface area (Å²) in [6.07, 6.45) is 3.38. The van der Waals surface area contributed by atoms with Crippen molar-refractivity contribution in [1.82, 2.24) is 9.97 Å². The van der Waals surface area contributed by atoms with Gasteiger partial charge in [-0.2, -0.15) is 0 Å². The molecule has 0 aliphatic heterocycles. The van der Waals surface area contributed by atoms with Gasteiger partial charge in [-0.3, -0.25) is 9.97 Å². The molecule has 0 bridgehead atoms. The Balaban J connectivity index is 1.93. The number of phenols is 1. The molecule has 0 aliphatic rings. The molecule has 3 aromatic heterocycles. The quantitative estimate of drug-likeness (QED) is 0.469. The molecule has 3 heterocycles. The van der Waals surface area contributed by atoms with Crippen molar-refractivity contribution >= 4 is 28.3 Å². The van der Waals surface area contributed by atoms with Gasteiger partial charge in [0.05, 0.1) is 34.9 Å². The maximum absolute atomic E-state index is 12.2. The highest BCUT2D eigenvalue weighted by atomic mass is 16.4. The number of carbonyl (C=O) groups is 1. The minimum absolute atomic E-state index is 0.0770. The Labute approximate surface area is 177 Å². The predicted octanol–water partition coefficient (Wildman–Crippen LogP) is 3.94. The van der Waals surface area contributed by atoms with Crippen LogP contribution in [0.5, 0.6) is 5.75 Å². The molecule has 156 valence electrons. The second-order valence-corrected chi connectivity index (χ2v) is 7.04. The van der Waals surface area contributed by atoms with E-state index in [1.54, 1.807) is 12.4 Å². The molecule has 0 saturated carbocycles. The number of nitrogens with zero attached hydrogens (tertiary/aromatic N) is 3. The van der Waals surface area contributed by atoms with Gasteiger partial charge in [0.1, 0.15) is 16.9 Å². The first kappa shape index (κ1) is 20.1. The zero-order valence-electron chi connectivity index (χ0n) is 16.9. The number of benzene rings is 1. The zero-order chi connectivity index (χ0) is 22.1. The zero-order valence-corrected chi connectivity index (χ0v) is 16.9. The van der Waals surface area contributed by atoms with E-state index >= 15 is 0 Å². The van der Waals surface area contributed by atoms with Crippen molar-refractivity contribution in [3.05, 3.63) is 87.8 Å². The molecule has 4 aromatic rings. The van der Waals surface area contributed by atoms with Crippen LogP contribution in [0.25, 0.3) is 11.0 Å². The third-order valence-electron chi connectivity index (χ3n) is 5.07. The second kappa shape index (κ2) is 7.91. The minimum Gasteiger partial charge on any atom is -0.507 e. The Hall–Kier alpha value is -4.20. The fourth-order valence-electron chi connectivity index (χ4n) is 3.51.